The van der Waals surface area contributed by atoms with Gasteiger partial charge in [0.15, 0.2) is 0 Å². The SMILES string of the molecule is CC(C)=C[C@@H]1[C@H](C(=O)Nc2cccc(C#Cc3ccccn3)c2)C1(C)C. The third kappa shape index (κ3) is 4.03. The van der Waals surface area contributed by atoms with Crippen LogP contribution in [0.15, 0.2) is 60.3 Å². The molecule has 2 aromatic rings. The molecule has 3 nitrogen and oxygen atoms in total. The van der Waals surface area contributed by atoms with E-state index in [4.69, 9.17) is 0 Å². The molecule has 0 radical (unpaired) electrons. The summed E-state index contributed by atoms with van der Waals surface area (Å²) in [7, 11) is 0. The van der Waals surface area contributed by atoms with Gasteiger partial charge in [-0.25, -0.2) is 4.98 Å². The van der Waals surface area contributed by atoms with E-state index in [0.29, 0.717) is 5.92 Å². The van der Waals surface area contributed by atoms with Crippen molar-refractivity contribution in [2.45, 2.75) is 27.7 Å². The summed E-state index contributed by atoms with van der Waals surface area (Å²) in [6.45, 7) is 8.45. The molecule has 0 spiro atoms. The van der Waals surface area contributed by atoms with Crippen LogP contribution < -0.4 is 5.32 Å². The lowest BCUT2D eigenvalue weighted by atomic mass is 10.1. The van der Waals surface area contributed by atoms with E-state index in [0.717, 1.165) is 16.9 Å². The van der Waals surface area contributed by atoms with Crippen LogP contribution in [0.5, 0.6) is 0 Å². The standard InChI is InChI=1S/C23H24N2O/c1-16(2)14-20-21(23(20,3)4)22(26)25-19-10-7-8-17(15-19)11-12-18-9-5-6-13-24-18/h5-10,13-15,20-21H,1-4H3,(H,25,26)/t20-,21-/m1/s1. The molecule has 3 heteroatoms. The van der Waals surface area contributed by atoms with Crippen molar-refractivity contribution >= 4 is 11.6 Å². The Morgan fingerprint density at radius 2 is 1.96 bits per heavy atom. The van der Waals surface area contributed by atoms with Gasteiger partial charge in [-0.3, -0.25) is 4.79 Å². The van der Waals surface area contributed by atoms with E-state index in [1.165, 1.54) is 5.57 Å². The molecule has 26 heavy (non-hydrogen) atoms. The van der Waals surface area contributed by atoms with Crippen molar-refractivity contribution in [1.29, 1.82) is 0 Å². The van der Waals surface area contributed by atoms with E-state index in [1.54, 1.807) is 6.20 Å². The lowest BCUT2D eigenvalue weighted by molar-refractivity contribution is -0.118. The topological polar surface area (TPSA) is 42.0 Å². The summed E-state index contributed by atoms with van der Waals surface area (Å²) in [5, 5.41) is 3.05. The van der Waals surface area contributed by atoms with Crippen LogP contribution in [0.1, 0.15) is 39.0 Å². The van der Waals surface area contributed by atoms with Crippen LogP contribution in [0.2, 0.25) is 0 Å². The Hall–Kier alpha value is -2.86. The number of aromatic nitrogens is 1. The smallest absolute Gasteiger partial charge is 0.228 e. The number of pyridine rings is 1. The summed E-state index contributed by atoms with van der Waals surface area (Å²) in [5.74, 6) is 6.53. The fourth-order valence-corrected chi connectivity index (χ4v) is 3.32. The lowest BCUT2D eigenvalue weighted by Crippen LogP contribution is -2.16. The molecule has 1 saturated carbocycles. The molecule has 0 saturated heterocycles. The van der Waals surface area contributed by atoms with Crippen molar-refractivity contribution in [3.05, 3.63) is 71.6 Å². The molecule has 0 unspecified atom stereocenters. The number of benzene rings is 1. The van der Waals surface area contributed by atoms with Crippen LogP contribution in [-0.2, 0) is 4.79 Å². The summed E-state index contributed by atoms with van der Waals surface area (Å²) in [6.07, 6.45) is 3.93. The molecule has 3 rings (SSSR count). The van der Waals surface area contributed by atoms with Crippen LogP contribution in [-0.4, -0.2) is 10.9 Å². The molecular weight excluding hydrogens is 320 g/mol. The lowest BCUT2D eigenvalue weighted by Gasteiger charge is -2.06. The molecule has 1 aromatic carbocycles. The average molecular weight is 344 g/mol. The number of nitrogens with zero attached hydrogens (tertiary/aromatic N) is 1. The van der Waals surface area contributed by atoms with Crippen molar-refractivity contribution < 1.29 is 4.79 Å². The fourth-order valence-electron chi connectivity index (χ4n) is 3.32. The van der Waals surface area contributed by atoms with Crippen molar-refractivity contribution in [2.75, 3.05) is 5.32 Å². The number of carbonyl (C=O) groups is 1. The number of hydrogen-bond acceptors (Lipinski definition) is 2. The van der Waals surface area contributed by atoms with Gasteiger partial charge >= 0.3 is 0 Å². The molecular formula is C23H24N2O. The first-order chi connectivity index (χ1) is 12.4. The zero-order chi connectivity index (χ0) is 18.7. The summed E-state index contributed by atoms with van der Waals surface area (Å²) >= 11 is 0. The van der Waals surface area contributed by atoms with Gasteiger partial charge in [0.1, 0.15) is 5.69 Å². The molecule has 2 atom stereocenters. The molecule has 1 aliphatic rings. The first kappa shape index (κ1) is 17.9. The van der Waals surface area contributed by atoms with Gasteiger partial charge in [0.25, 0.3) is 0 Å². The molecule has 1 fully saturated rings. The number of hydrogen-bond donors (Lipinski definition) is 1. The molecule has 0 bridgehead atoms. The maximum absolute atomic E-state index is 12.7. The van der Waals surface area contributed by atoms with E-state index in [1.807, 2.05) is 42.5 Å². The predicted octanol–water partition coefficient (Wildman–Crippen LogP) is 4.66. The quantitative estimate of drug-likeness (QED) is 0.650. The summed E-state index contributed by atoms with van der Waals surface area (Å²) < 4.78 is 0. The second-order valence-corrected chi connectivity index (χ2v) is 7.60. The summed E-state index contributed by atoms with van der Waals surface area (Å²) in [6, 6.07) is 13.3. The van der Waals surface area contributed by atoms with Crippen LogP contribution in [0.4, 0.5) is 5.69 Å². The Bertz CT molecular complexity index is 897. The Balaban J connectivity index is 1.71. The van der Waals surface area contributed by atoms with Crippen molar-refractivity contribution in [1.82, 2.24) is 4.98 Å². The largest absolute Gasteiger partial charge is 0.326 e. The van der Waals surface area contributed by atoms with Crippen LogP contribution in [0.3, 0.4) is 0 Å². The Morgan fingerprint density at radius 3 is 2.65 bits per heavy atom. The van der Waals surface area contributed by atoms with Crippen LogP contribution in [0.25, 0.3) is 0 Å². The highest BCUT2D eigenvalue weighted by atomic mass is 16.2. The Morgan fingerprint density at radius 1 is 1.15 bits per heavy atom. The Kier molecular flexibility index (Phi) is 4.95. The van der Waals surface area contributed by atoms with Gasteiger partial charge in [0, 0.05) is 17.4 Å². The second kappa shape index (κ2) is 7.17. The highest BCUT2D eigenvalue weighted by molar-refractivity contribution is 5.95. The van der Waals surface area contributed by atoms with E-state index in [-0.39, 0.29) is 17.2 Å². The molecule has 1 amide bonds. The maximum atomic E-state index is 12.7. The van der Waals surface area contributed by atoms with Crippen molar-refractivity contribution in [3.63, 3.8) is 0 Å². The molecule has 1 aliphatic carbocycles. The zero-order valence-electron chi connectivity index (χ0n) is 15.7. The number of allylic oxidation sites excluding steroid dienone is 2. The maximum Gasteiger partial charge on any atom is 0.228 e. The summed E-state index contributed by atoms with van der Waals surface area (Å²) in [4.78, 5) is 16.9. The van der Waals surface area contributed by atoms with Gasteiger partial charge in [-0.05, 0) is 61.4 Å². The number of carbonyl (C=O) groups excluding carboxylic acids is 1. The van der Waals surface area contributed by atoms with Gasteiger partial charge in [-0.15, -0.1) is 0 Å². The van der Waals surface area contributed by atoms with Gasteiger partial charge in [0.2, 0.25) is 5.91 Å². The number of anilines is 1. The average Bonchev–Trinajstić information content (AvgIpc) is 3.14. The third-order valence-electron chi connectivity index (χ3n) is 4.84. The first-order valence-corrected chi connectivity index (χ1v) is 8.87. The van der Waals surface area contributed by atoms with Crippen LogP contribution >= 0.6 is 0 Å². The van der Waals surface area contributed by atoms with Crippen molar-refractivity contribution in [2.24, 2.45) is 17.3 Å². The number of rotatable bonds is 3. The highest BCUT2D eigenvalue weighted by Crippen LogP contribution is 2.59. The minimum atomic E-state index is 0.0117. The molecule has 1 aromatic heterocycles. The number of nitrogens with one attached hydrogen (secondary N) is 1. The Labute approximate surface area is 155 Å². The highest BCUT2D eigenvalue weighted by Gasteiger charge is 2.60. The van der Waals surface area contributed by atoms with Crippen molar-refractivity contribution in [3.8, 4) is 11.8 Å². The predicted molar refractivity (Wildman–Crippen MR) is 105 cm³/mol. The van der Waals surface area contributed by atoms with Gasteiger partial charge in [-0.1, -0.05) is 43.5 Å². The fraction of sp³-hybridized carbons (Fsp3) is 0.304. The minimum absolute atomic E-state index is 0.0117. The molecule has 132 valence electrons. The molecule has 1 heterocycles. The van der Waals surface area contributed by atoms with E-state index in [2.05, 4.69) is 55.9 Å². The number of amides is 1. The molecule has 0 aliphatic heterocycles. The van der Waals surface area contributed by atoms with E-state index >= 15 is 0 Å². The first-order valence-electron chi connectivity index (χ1n) is 8.87. The van der Waals surface area contributed by atoms with E-state index < -0.39 is 0 Å². The molecule has 1 N–H and O–H groups in total. The zero-order valence-corrected chi connectivity index (χ0v) is 15.7. The second-order valence-electron chi connectivity index (χ2n) is 7.60. The third-order valence-corrected chi connectivity index (χ3v) is 4.84. The normalized spacial score (nSPS) is 19.7. The summed E-state index contributed by atoms with van der Waals surface area (Å²) in [5.41, 5.74) is 3.62. The van der Waals surface area contributed by atoms with Gasteiger partial charge in [-0.2, -0.15) is 0 Å². The van der Waals surface area contributed by atoms with Crippen LogP contribution in [0, 0.1) is 29.1 Å². The van der Waals surface area contributed by atoms with Gasteiger partial charge in [0.05, 0.1) is 5.92 Å². The van der Waals surface area contributed by atoms with Gasteiger partial charge < -0.3 is 5.32 Å². The monoisotopic (exact) mass is 344 g/mol. The van der Waals surface area contributed by atoms with E-state index in [9.17, 15) is 4.79 Å². The minimum Gasteiger partial charge on any atom is -0.326 e.